The molecule has 3 rings (SSSR count). The first-order valence-electron chi connectivity index (χ1n) is 7.50. The molecular weight excluding hydrogens is 358 g/mol. The van der Waals surface area contributed by atoms with Crippen LogP contribution in [0.1, 0.15) is 52.5 Å². The molecule has 1 aromatic heterocycles. The zero-order chi connectivity index (χ0) is 16.8. The van der Waals surface area contributed by atoms with E-state index in [1.54, 1.807) is 13.0 Å². The molecule has 1 aliphatic carbocycles. The number of Topliss-reactive ketones (excluding diaryl/α,β-unsaturated/α-hetero) is 1. The van der Waals surface area contributed by atoms with Crippen LogP contribution in [0.2, 0.25) is 0 Å². The molecule has 0 saturated carbocycles. The minimum Gasteiger partial charge on any atom is -0.455 e. The van der Waals surface area contributed by atoms with Gasteiger partial charge in [0.15, 0.2) is 11.5 Å². The summed E-state index contributed by atoms with van der Waals surface area (Å²) in [6, 6.07) is 7.36. The third-order valence-electron chi connectivity index (χ3n) is 4.11. The first-order valence-corrected chi connectivity index (χ1v) is 8.29. The number of carbonyl (C=O) groups is 2. The van der Waals surface area contributed by atoms with Crippen LogP contribution in [-0.2, 0) is 6.42 Å². The van der Waals surface area contributed by atoms with Crippen LogP contribution in [-0.4, -0.2) is 11.7 Å². The van der Waals surface area contributed by atoms with Crippen LogP contribution >= 0.6 is 15.9 Å². The van der Waals surface area contributed by atoms with E-state index in [1.807, 2.05) is 32.0 Å². The van der Waals surface area contributed by atoms with Crippen LogP contribution in [0.15, 0.2) is 33.2 Å². The number of nitrogens with one attached hydrogen (secondary N) is 1. The van der Waals surface area contributed by atoms with Crippen molar-refractivity contribution in [3.8, 4) is 0 Å². The van der Waals surface area contributed by atoms with Gasteiger partial charge in [-0.15, -0.1) is 0 Å². The van der Waals surface area contributed by atoms with Gasteiger partial charge in [0.05, 0.1) is 11.3 Å². The van der Waals surface area contributed by atoms with E-state index in [0.717, 1.165) is 4.47 Å². The molecule has 0 atom stereocenters. The number of benzene rings is 1. The fourth-order valence-electron chi connectivity index (χ4n) is 3.04. The number of para-hydroxylation sites is 1. The number of amides is 1. The maximum atomic E-state index is 12.5. The van der Waals surface area contributed by atoms with Gasteiger partial charge in [-0.3, -0.25) is 9.59 Å². The summed E-state index contributed by atoms with van der Waals surface area (Å²) in [4.78, 5) is 24.9. The monoisotopic (exact) mass is 375 g/mol. The number of furan rings is 1. The van der Waals surface area contributed by atoms with E-state index in [-0.39, 0.29) is 22.9 Å². The predicted molar refractivity (Wildman–Crippen MR) is 92.0 cm³/mol. The Morgan fingerprint density at radius 2 is 1.96 bits per heavy atom. The highest BCUT2D eigenvalue weighted by molar-refractivity contribution is 9.10. The van der Waals surface area contributed by atoms with Crippen LogP contribution in [0.25, 0.3) is 0 Å². The summed E-state index contributed by atoms with van der Waals surface area (Å²) in [6.45, 7) is 5.84. The lowest BCUT2D eigenvalue weighted by Gasteiger charge is -2.27. The molecule has 1 N–H and O–H groups in total. The second kappa shape index (κ2) is 5.64. The van der Waals surface area contributed by atoms with Crippen molar-refractivity contribution in [2.45, 2.75) is 33.6 Å². The van der Waals surface area contributed by atoms with E-state index in [2.05, 4.69) is 21.2 Å². The van der Waals surface area contributed by atoms with Gasteiger partial charge in [-0.1, -0.05) is 26.0 Å². The molecule has 0 radical (unpaired) electrons. The van der Waals surface area contributed by atoms with Gasteiger partial charge in [0.25, 0.3) is 5.91 Å². The standard InChI is InChI=1S/C18H18BrNO3/c1-10-15-13(21)8-18(2,3)9-14(15)23-16(10)17(22)20-12-7-5-4-6-11(12)19/h4-7H,8-9H2,1-3H3,(H,20,22). The van der Waals surface area contributed by atoms with Gasteiger partial charge in [0.1, 0.15) is 5.76 Å². The maximum Gasteiger partial charge on any atom is 0.291 e. The topological polar surface area (TPSA) is 59.3 Å². The molecule has 1 aromatic carbocycles. The van der Waals surface area contributed by atoms with Gasteiger partial charge in [-0.25, -0.2) is 0 Å². The van der Waals surface area contributed by atoms with E-state index in [9.17, 15) is 9.59 Å². The van der Waals surface area contributed by atoms with E-state index in [4.69, 9.17) is 4.42 Å². The molecule has 1 amide bonds. The Labute approximate surface area is 143 Å². The number of rotatable bonds is 2. The molecular formula is C18H18BrNO3. The summed E-state index contributed by atoms with van der Waals surface area (Å²) < 4.78 is 6.56. The Bertz CT molecular complexity index is 805. The largest absolute Gasteiger partial charge is 0.455 e. The highest BCUT2D eigenvalue weighted by atomic mass is 79.9. The minimum atomic E-state index is -0.339. The van der Waals surface area contributed by atoms with Crippen LogP contribution in [0, 0.1) is 12.3 Å². The average Bonchev–Trinajstić information content (AvgIpc) is 2.77. The van der Waals surface area contributed by atoms with Gasteiger partial charge < -0.3 is 9.73 Å². The molecule has 120 valence electrons. The summed E-state index contributed by atoms with van der Waals surface area (Å²) in [5.74, 6) is 0.560. The average molecular weight is 376 g/mol. The second-order valence-electron chi connectivity index (χ2n) is 6.73. The molecule has 1 aliphatic rings. The molecule has 0 saturated heterocycles. The highest BCUT2D eigenvalue weighted by Gasteiger charge is 2.37. The number of fused-ring (bicyclic) bond motifs is 1. The molecule has 0 aliphatic heterocycles. The van der Waals surface area contributed by atoms with Crippen LogP contribution in [0.4, 0.5) is 5.69 Å². The molecule has 23 heavy (non-hydrogen) atoms. The van der Waals surface area contributed by atoms with Gasteiger partial charge in [0.2, 0.25) is 0 Å². The van der Waals surface area contributed by atoms with E-state index in [0.29, 0.717) is 35.4 Å². The summed E-state index contributed by atoms with van der Waals surface area (Å²) >= 11 is 3.40. The fourth-order valence-corrected chi connectivity index (χ4v) is 3.42. The van der Waals surface area contributed by atoms with Crippen molar-refractivity contribution in [1.82, 2.24) is 0 Å². The first kappa shape index (κ1) is 16.0. The van der Waals surface area contributed by atoms with Crippen molar-refractivity contribution in [1.29, 1.82) is 0 Å². The zero-order valence-corrected chi connectivity index (χ0v) is 14.9. The third-order valence-corrected chi connectivity index (χ3v) is 4.80. The summed E-state index contributed by atoms with van der Waals surface area (Å²) in [5.41, 5.74) is 1.74. The van der Waals surface area contributed by atoms with Crippen LogP contribution < -0.4 is 5.32 Å². The Hall–Kier alpha value is -1.88. The van der Waals surface area contributed by atoms with Gasteiger partial charge >= 0.3 is 0 Å². The SMILES string of the molecule is Cc1c(C(=O)Nc2ccccc2Br)oc2c1C(=O)CC(C)(C)C2. The summed E-state index contributed by atoms with van der Waals surface area (Å²) in [6.07, 6.45) is 1.14. The smallest absolute Gasteiger partial charge is 0.291 e. The zero-order valence-electron chi connectivity index (χ0n) is 13.3. The van der Waals surface area contributed by atoms with Crippen molar-refractivity contribution in [2.75, 3.05) is 5.32 Å². The van der Waals surface area contributed by atoms with Gasteiger partial charge in [-0.05, 0) is 40.4 Å². The van der Waals surface area contributed by atoms with E-state index >= 15 is 0 Å². The lowest BCUT2D eigenvalue weighted by molar-refractivity contribution is 0.0898. The lowest BCUT2D eigenvalue weighted by atomic mass is 9.76. The number of ketones is 1. The number of carbonyl (C=O) groups excluding carboxylic acids is 2. The van der Waals surface area contributed by atoms with Crippen LogP contribution in [0.3, 0.4) is 0 Å². The van der Waals surface area contributed by atoms with Crippen molar-refractivity contribution >= 4 is 33.3 Å². The van der Waals surface area contributed by atoms with Crippen LogP contribution in [0.5, 0.6) is 0 Å². The molecule has 4 nitrogen and oxygen atoms in total. The minimum absolute atomic E-state index is 0.0532. The highest BCUT2D eigenvalue weighted by Crippen LogP contribution is 2.38. The molecule has 0 spiro atoms. The normalized spacial score (nSPS) is 16.1. The first-order chi connectivity index (χ1) is 10.8. The molecule has 0 unspecified atom stereocenters. The second-order valence-corrected chi connectivity index (χ2v) is 7.58. The summed E-state index contributed by atoms with van der Waals surface area (Å²) in [7, 11) is 0. The molecule has 1 heterocycles. The quantitative estimate of drug-likeness (QED) is 0.822. The number of halogens is 1. The lowest BCUT2D eigenvalue weighted by Crippen LogP contribution is -2.26. The molecule has 2 aromatic rings. The maximum absolute atomic E-state index is 12.5. The summed E-state index contributed by atoms with van der Waals surface area (Å²) in [5, 5.41) is 2.82. The van der Waals surface area contributed by atoms with Gasteiger partial charge in [0, 0.05) is 22.9 Å². The molecule has 0 fully saturated rings. The van der Waals surface area contributed by atoms with E-state index in [1.165, 1.54) is 0 Å². The van der Waals surface area contributed by atoms with Crippen molar-refractivity contribution in [3.63, 3.8) is 0 Å². The van der Waals surface area contributed by atoms with Gasteiger partial charge in [-0.2, -0.15) is 0 Å². The van der Waals surface area contributed by atoms with Crippen molar-refractivity contribution < 1.29 is 14.0 Å². The Balaban J connectivity index is 1.94. The number of anilines is 1. The fraction of sp³-hybridized carbons (Fsp3) is 0.333. The molecule has 0 bridgehead atoms. The van der Waals surface area contributed by atoms with E-state index < -0.39 is 0 Å². The van der Waals surface area contributed by atoms with Crippen molar-refractivity contribution in [3.05, 3.63) is 51.4 Å². The Morgan fingerprint density at radius 1 is 1.26 bits per heavy atom. The Kier molecular flexibility index (Phi) is 3.92. The number of hydrogen-bond acceptors (Lipinski definition) is 3. The third kappa shape index (κ3) is 2.98. The van der Waals surface area contributed by atoms with Crippen molar-refractivity contribution in [2.24, 2.45) is 5.41 Å². The predicted octanol–water partition coefficient (Wildman–Crippen LogP) is 4.76. The molecule has 5 heteroatoms. The number of hydrogen-bond donors (Lipinski definition) is 1. The Morgan fingerprint density at radius 3 is 2.65 bits per heavy atom.